The van der Waals surface area contributed by atoms with Crippen molar-refractivity contribution in [2.24, 2.45) is 0 Å². The molecule has 27 heavy (non-hydrogen) atoms. The third-order valence-corrected chi connectivity index (χ3v) is 6.72. The molecule has 0 aliphatic carbocycles. The number of rotatable bonds is 8. The number of para-hydroxylation sites is 1. The lowest BCUT2D eigenvalue weighted by atomic mass is 10.1. The number of sulfonamides is 1. The number of hydrogen-bond acceptors (Lipinski definition) is 3. The molecular weight excluding hydrogens is 360 g/mol. The lowest BCUT2D eigenvalue weighted by molar-refractivity contribution is -0.116. The van der Waals surface area contributed by atoms with E-state index >= 15 is 0 Å². The van der Waals surface area contributed by atoms with Gasteiger partial charge in [0.15, 0.2) is 0 Å². The van der Waals surface area contributed by atoms with Crippen molar-refractivity contribution in [1.82, 2.24) is 4.31 Å². The average Bonchev–Trinajstić information content (AvgIpc) is 2.64. The van der Waals surface area contributed by atoms with E-state index in [4.69, 9.17) is 0 Å². The summed E-state index contributed by atoms with van der Waals surface area (Å²) in [5, 5.41) is 2.97. The zero-order valence-electron chi connectivity index (χ0n) is 16.5. The van der Waals surface area contributed by atoms with Gasteiger partial charge in [0, 0.05) is 25.2 Å². The smallest absolute Gasteiger partial charge is 0.243 e. The molecule has 0 aliphatic rings. The number of carbonyl (C=O) groups excluding carboxylic acids is 1. The van der Waals surface area contributed by atoms with E-state index in [1.54, 1.807) is 24.3 Å². The summed E-state index contributed by atoms with van der Waals surface area (Å²) in [6.45, 7) is 8.47. The molecule has 2 aromatic carbocycles. The maximum atomic E-state index is 12.5. The van der Waals surface area contributed by atoms with E-state index in [1.165, 1.54) is 4.31 Å². The summed E-state index contributed by atoms with van der Waals surface area (Å²) in [5.41, 5.74) is 3.87. The molecule has 0 aromatic heterocycles. The Labute approximate surface area is 162 Å². The van der Waals surface area contributed by atoms with Crippen LogP contribution in [0, 0.1) is 13.8 Å². The average molecular weight is 389 g/mol. The van der Waals surface area contributed by atoms with Gasteiger partial charge in [-0.05, 0) is 49.1 Å². The van der Waals surface area contributed by atoms with Gasteiger partial charge >= 0.3 is 0 Å². The van der Waals surface area contributed by atoms with Gasteiger partial charge in [0.2, 0.25) is 15.9 Å². The van der Waals surface area contributed by atoms with Gasteiger partial charge in [-0.3, -0.25) is 4.79 Å². The molecule has 0 atom stereocenters. The molecule has 1 amide bonds. The highest BCUT2D eigenvalue weighted by Gasteiger charge is 2.21. The quantitative estimate of drug-likeness (QED) is 0.746. The second-order valence-electron chi connectivity index (χ2n) is 6.55. The van der Waals surface area contributed by atoms with Crippen LogP contribution in [0.25, 0.3) is 0 Å². The SMILES string of the molecule is CCN(CC)S(=O)(=O)c1ccc(CCC(=O)Nc2c(C)cccc2C)cc1. The summed E-state index contributed by atoms with van der Waals surface area (Å²) >= 11 is 0. The van der Waals surface area contributed by atoms with E-state index in [1.807, 2.05) is 45.9 Å². The van der Waals surface area contributed by atoms with E-state index in [9.17, 15) is 13.2 Å². The highest BCUT2D eigenvalue weighted by molar-refractivity contribution is 7.89. The molecule has 0 radical (unpaired) electrons. The van der Waals surface area contributed by atoms with Gasteiger partial charge in [-0.25, -0.2) is 8.42 Å². The molecule has 146 valence electrons. The maximum absolute atomic E-state index is 12.5. The van der Waals surface area contributed by atoms with Crippen molar-refractivity contribution in [2.45, 2.75) is 45.4 Å². The molecule has 2 aromatic rings. The van der Waals surface area contributed by atoms with E-state index in [0.717, 1.165) is 22.4 Å². The van der Waals surface area contributed by atoms with Gasteiger partial charge in [-0.2, -0.15) is 4.31 Å². The van der Waals surface area contributed by atoms with Gasteiger partial charge < -0.3 is 5.32 Å². The highest BCUT2D eigenvalue weighted by atomic mass is 32.2. The maximum Gasteiger partial charge on any atom is 0.243 e. The third-order valence-electron chi connectivity index (χ3n) is 4.65. The number of nitrogens with one attached hydrogen (secondary N) is 1. The molecule has 0 saturated heterocycles. The summed E-state index contributed by atoms with van der Waals surface area (Å²) in [4.78, 5) is 12.6. The fourth-order valence-corrected chi connectivity index (χ4v) is 4.47. The van der Waals surface area contributed by atoms with Crippen LogP contribution in [-0.4, -0.2) is 31.7 Å². The van der Waals surface area contributed by atoms with Crippen molar-refractivity contribution in [1.29, 1.82) is 0 Å². The predicted molar refractivity (Wildman–Crippen MR) is 109 cm³/mol. The summed E-state index contributed by atoms with van der Waals surface area (Å²) < 4.78 is 26.4. The van der Waals surface area contributed by atoms with Crippen LogP contribution >= 0.6 is 0 Å². The van der Waals surface area contributed by atoms with Gasteiger partial charge in [0.1, 0.15) is 0 Å². The molecule has 0 spiro atoms. The fraction of sp³-hybridized carbons (Fsp3) is 0.381. The number of amides is 1. The van der Waals surface area contributed by atoms with Crippen LogP contribution < -0.4 is 5.32 Å². The standard InChI is InChI=1S/C21H28N2O3S/c1-5-23(6-2)27(25,26)19-13-10-18(11-14-19)12-15-20(24)22-21-16(3)8-7-9-17(21)4/h7-11,13-14H,5-6,12,15H2,1-4H3,(H,22,24). The lowest BCUT2D eigenvalue weighted by Gasteiger charge is -2.18. The molecule has 0 unspecified atom stereocenters. The minimum Gasteiger partial charge on any atom is -0.326 e. The topological polar surface area (TPSA) is 66.5 Å². The van der Waals surface area contributed by atoms with Gasteiger partial charge in [0.05, 0.1) is 4.90 Å². The number of aryl methyl sites for hydroxylation is 3. The van der Waals surface area contributed by atoms with Gasteiger partial charge in [-0.1, -0.05) is 44.2 Å². The molecule has 0 aliphatic heterocycles. The van der Waals surface area contributed by atoms with Crippen molar-refractivity contribution in [2.75, 3.05) is 18.4 Å². The number of benzene rings is 2. The second-order valence-corrected chi connectivity index (χ2v) is 8.49. The van der Waals surface area contributed by atoms with Crippen LogP contribution in [0.2, 0.25) is 0 Å². The second kappa shape index (κ2) is 9.15. The molecule has 0 bridgehead atoms. The monoisotopic (exact) mass is 388 g/mol. The first-order valence-corrected chi connectivity index (χ1v) is 10.7. The van der Waals surface area contributed by atoms with Crippen LogP contribution in [0.3, 0.4) is 0 Å². The van der Waals surface area contributed by atoms with Crippen molar-refractivity contribution >= 4 is 21.6 Å². The molecule has 0 saturated carbocycles. The third kappa shape index (κ3) is 5.17. The Bertz CT molecular complexity index is 866. The van der Waals surface area contributed by atoms with Crippen molar-refractivity contribution in [3.63, 3.8) is 0 Å². The van der Waals surface area contributed by atoms with Gasteiger partial charge in [0.25, 0.3) is 0 Å². The Kier molecular flexibility index (Phi) is 7.16. The van der Waals surface area contributed by atoms with Crippen LogP contribution in [0.5, 0.6) is 0 Å². The van der Waals surface area contributed by atoms with Crippen molar-refractivity contribution < 1.29 is 13.2 Å². The van der Waals surface area contributed by atoms with E-state index in [0.29, 0.717) is 25.9 Å². The first kappa shape index (κ1) is 21.1. The molecular formula is C21H28N2O3S. The Morgan fingerprint density at radius 1 is 0.963 bits per heavy atom. The fourth-order valence-electron chi connectivity index (χ4n) is 3.01. The minimum atomic E-state index is -3.45. The van der Waals surface area contributed by atoms with Crippen LogP contribution in [-0.2, 0) is 21.2 Å². The largest absolute Gasteiger partial charge is 0.326 e. The number of nitrogens with zero attached hydrogens (tertiary/aromatic N) is 1. The number of anilines is 1. The molecule has 0 heterocycles. The van der Waals surface area contributed by atoms with Crippen LogP contribution in [0.4, 0.5) is 5.69 Å². The summed E-state index contributed by atoms with van der Waals surface area (Å²) in [5.74, 6) is -0.0489. The van der Waals surface area contributed by atoms with E-state index < -0.39 is 10.0 Å². The Balaban J connectivity index is 2.00. The zero-order chi connectivity index (χ0) is 20.0. The Morgan fingerprint density at radius 2 is 1.52 bits per heavy atom. The van der Waals surface area contributed by atoms with E-state index in [2.05, 4.69) is 5.32 Å². The lowest BCUT2D eigenvalue weighted by Crippen LogP contribution is -2.30. The molecule has 2 rings (SSSR count). The molecule has 1 N–H and O–H groups in total. The first-order valence-electron chi connectivity index (χ1n) is 9.24. The predicted octanol–water partition coefficient (Wildman–Crippen LogP) is 3.91. The number of hydrogen-bond donors (Lipinski definition) is 1. The first-order chi connectivity index (χ1) is 12.8. The van der Waals surface area contributed by atoms with E-state index in [-0.39, 0.29) is 10.8 Å². The normalized spacial score (nSPS) is 11.6. The molecule has 0 fully saturated rings. The summed E-state index contributed by atoms with van der Waals surface area (Å²) in [6.07, 6.45) is 0.901. The minimum absolute atomic E-state index is 0.0489. The molecule has 6 heteroatoms. The summed E-state index contributed by atoms with van der Waals surface area (Å²) in [6, 6.07) is 12.7. The van der Waals surface area contributed by atoms with Crippen molar-refractivity contribution in [3.05, 3.63) is 59.2 Å². The van der Waals surface area contributed by atoms with Crippen molar-refractivity contribution in [3.8, 4) is 0 Å². The highest BCUT2D eigenvalue weighted by Crippen LogP contribution is 2.20. The van der Waals surface area contributed by atoms with Crippen LogP contribution in [0.1, 0.15) is 37.0 Å². The van der Waals surface area contributed by atoms with Crippen LogP contribution in [0.15, 0.2) is 47.4 Å². The number of carbonyl (C=O) groups is 1. The Hall–Kier alpha value is -2.18. The summed E-state index contributed by atoms with van der Waals surface area (Å²) in [7, 11) is -3.45. The van der Waals surface area contributed by atoms with Gasteiger partial charge in [-0.15, -0.1) is 0 Å². The Morgan fingerprint density at radius 3 is 2.04 bits per heavy atom. The zero-order valence-corrected chi connectivity index (χ0v) is 17.3. The molecule has 5 nitrogen and oxygen atoms in total.